The Labute approximate surface area is 196 Å². The van der Waals surface area contributed by atoms with Gasteiger partial charge in [-0.1, -0.05) is 69.2 Å². The van der Waals surface area contributed by atoms with E-state index in [2.05, 4.69) is 74.2 Å². The second-order valence-corrected chi connectivity index (χ2v) is 10.8. The second kappa shape index (κ2) is 8.23. The molecule has 4 aromatic rings. The van der Waals surface area contributed by atoms with Gasteiger partial charge >= 0.3 is 0 Å². The van der Waals surface area contributed by atoms with Gasteiger partial charge in [0.2, 0.25) is 0 Å². The summed E-state index contributed by atoms with van der Waals surface area (Å²) in [5.74, 6) is 0.825. The lowest BCUT2D eigenvalue weighted by atomic mass is 9.86. The molecule has 2 heterocycles. The third-order valence-corrected chi connectivity index (χ3v) is 8.69. The van der Waals surface area contributed by atoms with E-state index < -0.39 is 0 Å². The van der Waals surface area contributed by atoms with Crippen LogP contribution in [0.25, 0.3) is 11.1 Å². The van der Waals surface area contributed by atoms with Gasteiger partial charge in [0, 0.05) is 29.4 Å². The lowest BCUT2D eigenvalue weighted by Gasteiger charge is -2.45. The van der Waals surface area contributed by atoms with E-state index in [1.54, 1.807) is 17.5 Å². The molecule has 0 fully saturated rings. The van der Waals surface area contributed by atoms with E-state index in [0.717, 1.165) is 22.7 Å². The first-order valence-corrected chi connectivity index (χ1v) is 12.9. The van der Waals surface area contributed by atoms with E-state index in [1.165, 1.54) is 32.8 Å². The molecule has 32 heavy (non-hydrogen) atoms. The Hall–Kier alpha value is -2.89. The van der Waals surface area contributed by atoms with Crippen LogP contribution in [0.3, 0.4) is 0 Å². The number of hydrogen-bond acceptors (Lipinski definition) is 5. The normalized spacial score (nSPS) is 14.8. The molecule has 5 rings (SSSR count). The van der Waals surface area contributed by atoms with Crippen LogP contribution in [0.1, 0.15) is 29.9 Å². The van der Waals surface area contributed by atoms with Crippen molar-refractivity contribution in [2.45, 2.75) is 32.9 Å². The molecule has 0 bridgehead atoms. The minimum Gasteiger partial charge on any atom is -0.497 e. The van der Waals surface area contributed by atoms with Crippen LogP contribution in [-0.2, 0) is 12.1 Å². The van der Waals surface area contributed by atoms with E-state index in [9.17, 15) is 0 Å². The predicted molar refractivity (Wildman–Crippen MR) is 136 cm³/mol. The molecule has 0 radical (unpaired) electrons. The number of ether oxygens (including phenoxy) is 1. The van der Waals surface area contributed by atoms with Crippen molar-refractivity contribution in [3.63, 3.8) is 0 Å². The quantitative estimate of drug-likeness (QED) is 0.300. The molecular formula is C27H26N2OS2. The highest BCUT2D eigenvalue weighted by Gasteiger charge is 2.39. The van der Waals surface area contributed by atoms with Gasteiger partial charge < -0.3 is 9.64 Å². The zero-order valence-corrected chi connectivity index (χ0v) is 20.4. The van der Waals surface area contributed by atoms with Crippen molar-refractivity contribution in [3.05, 3.63) is 93.5 Å². The van der Waals surface area contributed by atoms with Gasteiger partial charge in [0.25, 0.3) is 0 Å². The summed E-state index contributed by atoms with van der Waals surface area (Å²) in [7, 11) is 5.30. The molecule has 1 aromatic heterocycles. The van der Waals surface area contributed by atoms with Crippen molar-refractivity contribution >= 4 is 32.1 Å². The summed E-state index contributed by atoms with van der Waals surface area (Å²) in [5.41, 5.74) is 7.17. The van der Waals surface area contributed by atoms with E-state index >= 15 is 0 Å². The molecule has 0 spiro atoms. The Bertz CT molecular complexity index is 1340. The maximum Gasteiger partial charge on any atom is 0.135 e. The molecule has 0 N–H and O–H groups in total. The number of rotatable bonds is 4. The van der Waals surface area contributed by atoms with E-state index in [-0.39, 0.29) is 5.54 Å². The zero-order valence-electron chi connectivity index (χ0n) is 18.8. The van der Waals surface area contributed by atoms with Gasteiger partial charge in [-0.25, -0.2) is 4.99 Å². The maximum absolute atomic E-state index is 5.40. The fourth-order valence-electron chi connectivity index (χ4n) is 4.33. The third-order valence-electron chi connectivity index (χ3n) is 6.06. The SMILES string of the molecule is COc1cccc(N=c2ssc3c2-c2ccc(C)cc2N(Cc2ccccc2)C3(C)C)c1. The number of nitrogens with zero attached hydrogens (tertiary/aromatic N) is 2. The lowest BCUT2D eigenvalue weighted by molar-refractivity contribution is 0.415. The van der Waals surface area contributed by atoms with Gasteiger partial charge in [-0.05, 0) is 50.1 Å². The highest BCUT2D eigenvalue weighted by molar-refractivity contribution is 7.68. The highest BCUT2D eigenvalue weighted by Crippen LogP contribution is 2.50. The highest BCUT2D eigenvalue weighted by atomic mass is 32.9. The van der Waals surface area contributed by atoms with Gasteiger partial charge in [-0.2, -0.15) is 0 Å². The van der Waals surface area contributed by atoms with Crippen molar-refractivity contribution < 1.29 is 4.74 Å². The monoisotopic (exact) mass is 458 g/mol. The first-order valence-electron chi connectivity index (χ1n) is 10.7. The lowest BCUT2D eigenvalue weighted by Crippen LogP contribution is -2.43. The fourth-order valence-corrected chi connectivity index (χ4v) is 7.31. The summed E-state index contributed by atoms with van der Waals surface area (Å²) >= 11 is 0. The predicted octanol–water partition coefficient (Wildman–Crippen LogP) is 7.28. The molecule has 1 aliphatic rings. The Balaban J connectivity index is 1.69. The molecule has 3 aromatic carbocycles. The number of fused-ring (bicyclic) bond motifs is 3. The topological polar surface area (TPSA) is 24.8 Å². The smallest absolute Gasteiger partial charge is 0.135 e. The average molecular weight is 459 g/mol. The summed E-state index contributed by atoms with van der Waals surface area (Å²) < 4.78 is 6.46. The van der Waals surface area contributed by atoms with Crippen LogP contribution in [-0.4, -0.2) is 7.11 Å². The third kappa shape index (κ3) is 3.65. The molecule has 1 aliphatic heterocycles. The van der Waals surface area contributed by atoms with Crippen LogP contribution >= 0.6 is 20.7 Å². The van der Waals surface area contributed by atoms with Gasteiger partial charge in [0.1, 0.15) is 10.4 Å². The van der Waals surface area contributed by atoms with Crippen molar-refractivity contribution in [1.29, 1.82) is 0 Å². The molecule has 0 saturated heterocycles. The van der Waals surface area contributed by atoms with Gasteiger partial charge in [-0.15, -0.1) is 0 Å². The van der Waals surface area contributed by atoms with Crippen molar-refractivity contribution in [3.8, 4) is 16.9 Å². The van der Waals surface area contributed by atoms with Crippen molar-refractivity contribution in [2.75, 3.05) is 12.0 Å². The summed E-state index contributed by atoms with van der Waals surface area (Å²) in [6, 6.07) is 25.5. The Morgan fingerprint density at radius 3 is 2.53 bits per heavy atom. The van der Waals surface area contributed by atoms with Crippen LogP contribution in [0.4, 0.5) is 11.4 Å². The molecule has 0 aliphatic carbocycles. The number of anilines is 1. The molecule has 5 heteroatoms. The number of hydrogen-bond donors (Lipinski definition) is 0. The minimum atomic E-state index is -0.144. The number of benzene rings is 3. The van der Waals surface area contributed by atoms with Crippen LogP contribution in [0.5, 0.6) is 5.75 Å². The standard InChI is InChI=1S/C27H26N2OS2/c1-18-13-14-22-23(15-18)29(17-19-9-6-5-7-10-19)27(2,3)25-24(22)26(32-31-25)28-20-11-8-12-21(16-20)30-4/h5-16H,17H2,1-4H3. The van der Waals surface area contributed by atoms with Gasteiger partial charge in [-0.3, -0.25) is 0 Å². The molecule has 0 amide bonds. The van der Waals surface area contributed by atoms with Crippen LogP contribution in [0.2, 0.25) is 0 Å². The van der Waals surface area contributed by atoms with Gasteiger partial charge in [0.15, 0.2) is 0 Å². The zero-order chi connectivity index (χ0) is 22.3. The van der Waals surface area contributed by atoms with Crippen molar-refractivity contribution in [2.24, 2.45) is 4.99 Å². The summed E-state index contributed by atoms with van der Waals surface area (Å²) in [4.78, 5) is 8.97. The molecule has 0 unspecified atom stereocenters. The first kappa shape index (κ1) is 21.0. The van der Waals surface area contributed by atoms with E-state index in [4.69, 9.17) is 9.73 Å². The summed E-state index contributed by atoms with van der Waals surface area (Å²) in [6.07, 6.45) is 0. The Kier molecular flexibility index (Phi) is 5.39. The van der Waals surface area contributed by atoms with Crippen molar-refractivity contribution in [1.82, 2.24) is 0 Å². The molecule has 162 valence electrons. The first-order chi connectivity index (χ1) is 15.5. The maximum atomic E-state index is 5.40. The Morgan fingerprint density at radius 2 is 1.75 bits per heavy atom. The summed E-state index contributed by atoms with van der Waals surface area (Å²) in [5, 5.41) is 0. The van der Waals surface area contributed by atoms with Crippen LogP contribution < -0.4 is 14.3 Å². The number of methoxy groups -OCH3 is 1. The molecule has 3 nitrogen and oxygen atoms in total. The Morgan fingerprint density at radius 1 is 0.938 bits per heavy atom. The summed E-state index contributed by atoms with van der Waals surface area (Å²) in [6.45, 7) is 7.70. The minimum absolute atomic E-state index is 0.144. The van der Waals surface area contributed by atoms with Crippen LogP contribution in [0, 0.1) is 6.92 Å². The average Bonchev–Trinajstić information content (AvgIpc) is 3.22. The van der Waals surface area contributed by atoms with E-state index in [0.29, 0.717) is 0 Å². The fraction of sp³-hybridized carbons (Fsp3) is 0.222. The second-order valence-electron chi connectivity index (χ2n) is 8.64. The molecule has 0 saturated carbocycles. The molecule has 0 atom stereocenters. The largest absolute Gasteiger partial charge is 0.497 e. The van der Waals surface area contributed by atoms with Gasteiger partial charge in [0.05, 0.1) is 23.2 Å². The molecular weight excluding hydrogens is 432 g/mol. The van der Waals surface area contributed by atoms with E-state index in [1.807, 2.05) is 34.6 Å². The number of aryl methyl sites for hydroxylation is 1. The van der Waals surface area contributed by atoms with Crippen LogP contribution in [0.15, 0.2) is 77.8 Å².